The molecule has 1 aromatic heterocycles. The van der Waals surface area contributed by atoms with Crippen molar-refractivity contribution < 1.29 is 18.3 Å². The summed E-state index contributed by atoms with van der Waals surface area (Å²) in [6.45, 7) is 5.27. The molecule has 1 aliphatic heterocycles. The molecule has 0 saturated carbocycles. The Bertz CT molecular complexity index is 920. The van der Waals surface area contributed by atoms with Crippen LogP contribution in [0, 0.1) is 0 Å². The summed E-state index contributed by atoms with van der Waals surface area (Å²) in [6.07, 6.45) is 0.428. The molecule has 1 aliphatic rings. The fraction of sp³-hybridized carbons (Fsp3) is 0.455. The molecular weight excluding hydrogens is 378 g/mol. The summed E-state index contributed by atoms with van der Waals surface area (Å²) in [4.78, 5) is 25.9. The molecule has 1 saturated heterocycles. The minimum absolute atomic E-state index is 0.0674. The monoisotopic (exact) mass is 404 g/mol. The van der Waals surface area contributed by atoms with E-state index in [0.717, 1.165) is 5.56 Å². The van der Waals surface area contributed by atoms with Crippen LogP contribution in [0.15, 0.2) is 53.5 Å². The number of carbonyl (C=O) groups is 1. The highest BCUT2D eigenvalue weighted by Crippen LogP contribution is 2.40. The second-order valence-electron chi connectivity index (χ2n) is 8.40. The number of aromatic nitrogens is 1. The molecule has 1 atom stereocenters. The van der Waals surface area contributed by atoms with E-state index < -0.39 is 30.0 Å². The lowest BCUT2D eigenvalue weighted by Gasteiger charge is -2.39. The molecular formula is C22H26F2N2O3. The second kappa shape index (κ2) is 7.97. The minimum Gasteiger partial charge on any atom is -0.444 e. The number of likely N-dealkylation sites (tertiary alicyclic amines) is 1. The van der Waals surface area contributed by atoms with Crippen LogP contribution < -0.4 is 5.56 Å². The molecule has 0 spiro atoms. The maximum absolute atomic E-state index is 14.7. The molecule has 2 heterocycles. The van der Waals surface area contributed by atoms with Gasteiger partial charge in [0.15, 0.2) is 0 Å². The van der Waals surface area contributed by atoms with Crippen molar-refractivity contribution in [1.29, 1.82) is 0 Å². The van der Waals surface area contributed by atoms with Gasteiger partial charge in [-0.15, -0.1) is 0 Å². The topological polar surface area (TPSA) is 51.5 Å². The summed E-state index contributed by atoms with van der Waals surface area (Å²) in [5.41, 5.74) is 0.271. The number of hydrogen-bond acceptors (Lipinski definition) is 3. The zero-order valence-electron chi connectivity index (χ0n) is 16.9. The SMILES string of the molecule is CC(C)(C)OC(=O)N1CCC(F)(F)C(c2ccc(=O)n(Cc3ccccc3)c2)C1. The van der Waals surface area contributed by atoms with Gasteiger partial charge in [0.2, 0.25) is 0 Å². The third kappa shape index (κ3) is 5.22. The first kappa shape index (κ1) is 21.0. The van der Waals surface area contributed by atoms with Crippen molar-refractivity contribution >= 4 is 6.09 Å². The van der Waals surface area contributed by atoms with E-state index in [4.69, 9.17) is 4.74 Å². The molecule has 1 unspecified atom stereocenters. The molecule has 0 radical (unpaired) electrons. The highest BCUT2D eigenvalue weighted by Gasteiger charge is 2.46. The summed E-state index contributed by atoms with van der Waals surface area (Å²) in [5, 5.41) is 0. The van der Waals surface area contributed by atoms with Crippen LogP contribution in [0.3, 0.4) is 0 Å². The molecule has 1 amide bonds. The molecule has 5 nitrogen and oxygen atoms in total. The van der Waals surface area contributed by atoms with Crippen molar-refractivity contribution in [2.45, 2.75) is 51.2 Å². The van der Waals surface area contributed by atoms with Crippen LogP contribution in [0.25, 0.3) is 0 Å². The first-order chi connectivity index (χ1) is 13.5. The smallest absolute Gasteiger partial charge is 0.410 e. The van der Waals surface area contributed by atoms with Crippen molar-refractivity contribution in [2.24, 2.45) is 0 Å². The molecule has 7 heteroatoms. The average Bonchev–Trinajstić information content (AvgIpc) is 2.63. The summed E-state index contributed by atoms with van der Waals surface area (Å²) in [5.74, 6) is -4.18. The molecule has 1 aromatic carbocycles. The van der Waals surface area contributed by atoms with E-state index >= 15 is 0 Å². The van der Waals surface area contributed by atoms with Crippen LogP contribution >= 0.6 is 0 Å². The predicted octanol–water partition coefficient (Wildman–Crippen LogP) is 4.26. The van der Waals surface area contributed by atoms with E-state index in [1.807, 2.05) is 30.3 Å². The van der Waals surface area contributed by atoms with Gasteiger partial charge >= 0.3 is 6.09 Å². The number of amides is 1. The zero-order chi connectivity index (χ0) is 21.2. The summed E-state index contributed by atoms with van der Waals surface area (Å²) in [7, 11) is 0. The highest BCUT2D eigenvalue weighted by molar-refractivity contribution is 5.68. The zero-order valence-corrected chi connectivity index (χ0v) is 16.9. The van der Waals surface area contributed by atoms with Crippen molar-refractivity contribution in [3.05, 3.63) is 70.1 Å². The van der Waals surface area contributed by atoms with Gasteiger partial charge in [-0.1, -0.05) is 36.4 Å². The number of pyridine rings is 1. The van der Waals surface area contributed by atoms with Crippen molar-refractivity contribution in [1.82, 2.24) is 9.47 Å². The van der Waals surface area contributed by atoms with Crippen LogP contribution in [0.5, 0.6) is 0 Å². The Labute approximate surface area is 168 Å². The summed E-state index contributed by atoms with van der Waals surface area (Å²) < 4.78 is 36.2. The Balaban J connectivity index is 1.85. The number of ether oxygens (including phenoxy) is 1. The van der Waals surface area contributed by atoms with Gasteiger partial charge in [0.25, 0.3) is 11.5 Å². The number of alkyl halides is 2. The van der Waals surface area contributed by atoms with Gasteiger partial charge in [-0.3, -0.25) is 4.79 Å². The van der Waals surface area contributed by atoms with Gasteiger partial charge in [0.05, 0.1) is 12.5 Å². The number of benzene rings is 1. The fourth-order valence-electron chi connectivity index (χ4n) is 3.40. The number of nitrogens with zero attached hydrogens (tertiary/aromatic N) is 2. The second-order valence-corrected chi connectivity index (χ2v) is 8.40. The Hall–Kier alpha value is -2.70. The molecule has 0 bridgehead atoms. The first-order valence-corrected chi connectivity index (χ1v) is 9.65. The number of rotatable bonds is 3. The van der Waals surface area contributed by atoms with Crippen LogP contribution in [-0.2, 0) is 11.3 Å². The Morgan fingerprint density at radius 2 is 1.86 bits per heavy atom. The minimum atomic E-state index is -2.98. The number of piperidine rings is 1. The van der Waals surface area contributed by atoms with Crippen molar-refractivity contribution in [2.75, 3.05) is 13.1 Å². The molecule has 3 rings (SSSR count). The Kier molecular flexibility index (Phi) is 5.78. The van der Waals surface area contributed by atoms with Crippen molar-refractivity contribution in [3.8, 4) is 0 Å². The first-order valence-electron chi connectivity index (χ1n) is 9.65. The largest absolute Gasteiger partial charge is 0.444 e. The van der Waals surface area contributed by atoms with E-state index in [0.29, 0.717) is 12.1 Å². The lowest BCUT2D eigenvalue weighted by molar-refractivity contribution is -0.0772. The van der Waals surface area contributed by atoms with E-state index in [1.54, 1.807) is 20.8 Å². The molecule has 0 N–H and O–H groups in total. The average molecular weight is 404 g/mol. The molecule has 1 fully saturated rings. The normalized spacial score (nSPS) is 19.1. The quantitative estimate of drug-likeness (QED) is 0.768. The molecule has 156 valence electrons. The maximum Gasteiger partial charge on any atom is 0.410 e. The van der Waals surface area contributed by atoms with Crippen LogP contribution in [0.4, 0.5) is 13.6 Å². The fourth-order valence-corrected chi connectivity index (χ4v) is 3.40. The van der Waals surface area contributed by atoms with Crippen LogP contribution in [-0.4, -0.2) is 40.2 Å². The van der Waals surface area contributed by atoms with Gasteiger partial charge in [0.1, 0.15) is 5.60 Å². The van der Waals surface area contributed by atoms with Crippen LogP contribution in [0.1, 0.15) is 44.2 Å². The lowest BCUT2D eigenvalue weighted by Crippen LogP contribution is -2.49. The highest BCUT2D eigenvalue weighted by atomic mass is 19.3. The van der Waals surface area contributed by atoms with Gasteiger partial charge in [-0.25, -0.2) is 13.6 Å². The third-order valence-corrected chi connectivity index (χ3v) is 4.88. The van der Waals surface area contributed by atoms with Gasteiger partial charge in [0, 0.05) is 31.8 Å². The number of halogens is 2. The summed E-state index contributed by atoms with van der Waals surface area (Å²) >= 11 is 0. The predicted molar refractivity (Wildman–Crippen MR) is 106 cm³/mol. The van der Waals surface area contributed by atoms with E-state index in [9.17, 15) is 18.4 Å². The molecule has 29 heavy (non-hydrogen) atoms. The molecule has 2 aromatic rings. The Morgan fingerprint density at radius 3 is 2.52 bits per heavy atom. The third-order valence-electron chi connectivity index (χ3n) is 4.88. The van der Waals surface area contributed by atoms with Crippen LogP contribution in [0.2, 0.25) is 0 Å². The maximum atomic E-state index is 14.7. The van der Waals surface area contributed by atoms with E-state index in [2.05, 4.69) is 0 Å². The van der Waals surface area contributed by atoms with Gasteiger partial charge in [-0.2, -0.15) is 0 Å². The van der Waals surface area contributed by atoms with E-state index in [-0.39, 0.29) is 18.6 Å². The Morgan fingerprint density at radius 1 is 1.17 bits per heavy atom. The lowest BCUT2D eigenvalue weighted by atomic mass is 9.88. The summed E-state index contributed by atoms with van der Waals surface area (Å²) in [6, 6.07) is 12.1. The van der Waals surface area contributed by atoms with Crippen molar-refractivity contribution in [3.63, 3.8) is 0 Å². The number of hydrogen-bond donors (Lipinski definition) is 0. The molecule has 0 aliphatic carbocycles. The standard InChI is InChI=1S/C22H26F2N2O3/c1-21(2,3)29-20(28)25-12-11-22(23,24)18(15-25)17-9-10-19(27)26(14-17)13-16-7-5-4-6-8-16/h4-10,14,18H,11-13,15H2,1-3H3. The van der Waals surface area contributed by atoms with Gasteiger partial charge in [-0.05, 0) is 31.9 Å². The van der Waals surface area contributed by atoms with Gasteiger partial charge < -0.3 is 14.2 Å². The van der Waals surface area contributed by atoms with E-state index in [1.165, 1.54) is 27.8 Å². The number of carbonyl (C=O) groups excluding carboxylic acids is 1.